The van der Waals surface area contributed by atoms with E-state index in [2.05, 4.69) is 41.3 Å². The predicted octanol–water partition coefficient (Wildman–Crippen LogP) is 3.28. The van der Waals surface area contributed by atoms with Crippen LogP contribution in [-0.4, -0.2) is 27.5 Å². The number of anilines is 1. The Kier molecular flexibility index (Phi) is 2.91. The molecule has 3 nitrogen and oxygen atoms in total. The summed E-state index contributed by atoms with van der Waals surface area (Å²) in [4.78, 5) is 2.09. The highest BCUT2D eigenvalue weighted by Crippen LogP contribution is 2.36. The molecule has 1 atom stereocenters. The predicted molar refractivity (Wildman–Crippen MR) is 78.7 cm³/mol. The minimum Gasteiger partial charge on any atom is -0.460 e. The van der Waals surface area contributed by atoms with Crippen LogP contribution in [0.3, 0.4) is 0 Å². The fraction of sp³-hybridized carbons (Fsp3) is 0.250. The molecule has 0 fully saturated rings. The third kappa shape index (κ3) is 2.06. The molecule has 1 aliphatic rings. The van der Waals surface area contributed by atoms with E-state index >= 15 is 0 Å². The average molecular weight is 255 g/mol. The topological polar surface area (TPSA) is 21.7 Å². The van der Waals surface area contributed by atoms with E-state index in [4.69, 9.17) is 9.47 Å². The molecule has 0 N–H and O–H groups in total. The summed E-state index contributed by atoms with van der Waals surface area (Å²) < 4.78 is 11.2. The van der Waals surface area contributed by atoms with E-state index in [1.807, 2.05) is 20.2 Å². The largest absolute Gasteiger partial charge is 0.460 e. The molecular formula is C16H17NO2. The second-order valence-corrected chi connectivity index (χ2v) is 4.86. The van der Waals surface area contributed by atoms with E-state index in [1.54, 1.807) is 7.11 Å². The highest BCUT2D eigenvalue weighted by atomic mass is 16.7. The minimum absolute atomic E-state index is 0.305. The maximum atomic E-state index is 5.90. The lowest BCUT2D eigenvalue weighted by atomic mass is 10.0. The number of hydrogen-bond donors (Lipinski definition) is 0. The zero-order valence-corrected chi connectivity index (χ0v) is 11.4. The van der Waals surface area contributed by atoms with Gasteiger partial charge in [0.25, 0.3) is 0 Å². The van der Waals surface area contributed by atoms with Crippen LogP contribution < -0.4 is 9.64 Å². The van der Waals surface area contributed by atoms with Gasteiger partial charge < -0.3 is 14.4 Å². The second kappa shape index (κ2) is 4.59. The molecule has 3 heteroatoms. The van der Waals surface area contributed by atoms with E-state index in [9.17, 15) is 0 Å². The Labute approximate surface area is 113 Å². The lowest BCUT2D eigenvalue weighted by Gasteiger charge is -2.22. The smallest absolute Gasteiger partial charge is 0.219 e. The Balaban J connectivity index is 2.20. The number of methoxy groups -OCH3 is 1. The van der Waals surface area contributed by atoms with Gasteiger partial charge in [0.1, 0.15) is 5.75 Å². The van der Waals surface area contributed by atoms with Gasteiger partial charge in [-0.05, 0) is 29.7 Å². The zero-order valence-electron chi connectivity index (χ0n) is 11.4. The molecule has 0 bridgehead atoms. The molecule has 1 unspecified atom stereocenters. The molecule has 0 spiro atoms. The zero-order chi connectivity index (χ0) is 13.4. The lowest BCUT2D eigenvalue weighted by Crippen LogP contribution is -2.18. The van der Waals surface area contributed by atoms with E-state index in [0.29, 0.717) is 0 Å². The van der Waals surface area contributed by atoms with Gasteiger partial charge in [0.05, 0.1) is 0 Å². The summed E-state index contributed by atoms with van der Waals surface area (Å²) in [6, 6.07) is 10.6. The van der Waals surface area contributed by atoms with Crippen molar-refractivity contribution in [1.29, 1.82) is 0 Å². The van der Waals surface area contributed by atoms with Gasteiger partial charge in [-0.2, -0.15) is 0 Å². The van der Waals surface area contributed by atoms with Crippen molar-refractivity contribution in [2.75, 3.05) is 26.1 Å². The van der Waals surface area contributed by atoms with Gasteiger partial charge in [-0.15, -0.1) is 0 Å². The Hall–Kier alpha value is -2.00. The van der Waals surface area contributed by atoms with Gasteiger partial charge in [0.2, 0.25) is 6.29 Å². The second-order valence-electron chi connectivity index (χ2n) is 4.86. The first kappa shape index (κ1) is 12.1. The highest BCUT2D eigenvalue weighted by molar-refractivity contribution is 5.94. The van der Waals surface area contributed by atoms with Gasteiger partial charge in [-0.25, -0.2) is 0 Å². The Morgan fingerprint density at radius 3 is 2.68 bits per heavy atom. The first-order valence-electron chi connectivity index (χ1n) is 6.31. The summed E-state index contributed by atoms with van der Waals surface area (Å²) in [5.41, 5.74) is 2.25. The van der Waals surface area contributed by atoms with E-state index in [0.717, 1.165) is 22.4 Å². The first-order chi connectivity index (χ1) is 9.19. The molecule has 0 radical (unpaired) electrons. The molecule has 3 rings (SSSR count). The fourth-order valence-electron chi connectivity index (χ4n) is 2.30. The lowest BCUT2D eigenvalue weighted by molar-refractivity contribution is -0.0160. The minimum atomic E-state index is -0.305. The van der Waals surface area contributed by atoms with Crippen LogP contribution in [-0.2, 0) is 4.74 Å². The van der Waals surface area contributed by atoms with Gasteiger partial charge in [-0.3, -0.25) is 0 Å². The van der Waals surface area contributed by atoms with Gasteiger partial charge in [0, 0.05) is 37.8 Å². The van der Waals surface area contributed by atoms with Crippen LogP contribution in [0.25, 0.3) is 16.8 Å². The quantitative estimate of drug-likeness (QED) is 0.822. The number of nitrogens with zero attached hydrogens (tertiary/aromatic N) is 1. The van der Waals surface area contributed by atoms with Crippen molar-refractivity contribution in [3.8, 4) is 5.75 Å². The molecule has 0 saturated heterocycles. The molecule has 2 aromatic carbocycles. The Morgan fingerprint density at radius 2 is 1.95 bits per heavy atom. The summed E-state index contributed by atoms with van der Waals surface area (Å²) in [5, 5.41) is 2.30. The molecule has 19 heavy (non-hydrogen) atoms. The van der Waals surface area contributed by atoms with E-state index < -0.39 is 0 Å². The number of ether oxygens (including phenoxy) is 2. The molecule has 0 aliphatic carbocycles. The average Bonchev–Trinajstić information content (AvgIpc) is 2.45. The van der Waals surface area contributed by atoms with Crippen LogP contribution in [0, 0.1) is 0 Å². The SMILES string of the molecule is COC1C=Cc2ccc3ccc(N(C)C)cc3c2O1. The number of fused-ring (bicyclic) bond motifs is 3. The highest BCUT2D eigenvalue weighted by Gasteiger charge is 2.16. The third-order valence-electron chi connectivity index (χ3n) is 3.40. The van der Waals surface area contributed by atoms with Gasteiger partial charge in [-0.1, -0.05) is 18.2 Å². The van der Waals surface area contributed by atoms with Crippen molar-refractivity contribution in [1.82, 2.24) is 0 Å². The first-order valence-corrected chi connectivity index (χ1v) is 6.31. The summed E-state index contributed by atoms with van der Waals surface area (Å²) in [5.74, 6) is 0.899. The number of hydrogen-bond acceptors (Lipinski definition) is 3. The maximum Gasteiger partial charge on any atom is 0.219 e. The van der Waals surface area contributed by atoms with Crippen molar-refractivity contribution >= 4 is 22.5 Å². The molecule has 2 aromatic rings. The summed E-state index contributed by atoms with van der Waals surface area (Å²) >= 11 is 0. The summed E-state index contributed by atoms with van der Waals surface area (Å²) in [6.45, 7) is 0. The van der Waals surface area contributed by atoms with Crippen molar-refractivity contribution in [2.24, 2.45) is 0 Å². The van der Waals surface area contributed by atoms with Gasteiger partial charge >= 0.3 is 0 Å². The van der Waals surface area contributed by atoms with Gasteiger partial charge in [0.15, 0.2) is 0 Å². The summed E-state index contributed by atoms with van der Waals surface area (Å²) in [7, 11) is 5.72. The molecule has 0 amide bonds. The van der Waals surface area contributed by atoms with E-state index in [1.165, 1.54) is 5.39 Å². The van der Waals surface area contributed by atoms with Crippen LogP contribution in [0.5, 0.6) is 5.75 Å². The normalized spacial score (nSPS) is 17.1. The molecular weight excluding hydrogens is 238 g/mol. The molecule has 98 valence electrons. The standard InChI is InChI=1S/C16H17NO2/c1-17(2)13-8-6-11-4-5-12-7-9-15(18-3)19-16(12)14(11)10-13/h4-10,15H,1-3H3. The fourth-order valence-corrected chi connectivity index (χ4v) is 2.30. The van der Waals surface area contributed by atoms with Crippen molar-refractivity contribution in [3.63, 3.8) is 0 Å². The van der Waals surface area contributed by atoms with Crippen molar-refractivity contribution in [3.05, 3.63) is 42.0 Å². The Morgan fingerprint density at radius 1 is 1.16 bits per heavy atom. The van der Waals surface area contributed by atoms with Crippen LogP contribution in [0.1, 0.15) is 5.56 Å². The van der Waals surface area contributed by atoms with Crippen LogP contribution in [0.2, 0.25) is 0 Å². The Bertz CT molecular complexity index is 646. The molecule has 1 heterocycles. The van der Waals surface area contributed by atoms with Crippen LogP contribution >= 0.6 is 0 Å². The van der Waals surface area contributed by atoms with Crippen molar-refractivity contribution in [2.45, 2.75) is 6.29 Å². The van der Waals surface area contributed by atoms with Crippen molar-refractivity contribution < 1.29 is 9.47 Å². The molecule has 0 saturated carbocycles. The monoisotopic (exact) mass is 255 g/mol. The third-order valence-corrected chi connectivity index (χ3v) is 3.40. The van der Waals surface area contributed by atoms with Crippen LogP contribution in [0.15, 0.2) is 36.4 Å². The number of benzene rings is 2. The summed E-state index contributed by atoms with van der Waals surface area (Å²) in [6.07, 6.45) is 3.67. The number of rotatable bonds is 2. The molecule has 0 aromatic heterocycles. The van der Waals surface area contributed by atoms with Crippen LogP contribution in [0.4, 0.5) is 5.69 Å². The maximum absolute atomic E-state index is 5.90. The van der Waals surface area contributed by atoms with E-state index in [-0.39, 0.29) is 6.29 Å². The molecule has 1 aliphatic heterocycles.